The molecule has 0 aliphatic carbocycles. The summed E-state index contributed by atoms with van der Waals surface area (Å²) in [5.41, 5.74) is 7.95. The molecule has 0 aromatic heterocycles. The number of fused-ring (bicyclic) bond motifs is 1. The molecule has 114 valence electrons. The molecule has 3 aromatic rings. The first-order valence-electron chi connectivity index (χ1n) is 6.81. The van der Waals surface area contributed by atoms with Crippen LogP contribution in [0.1, 0.15) is 17.2 Å². The van der Waals surface area contributed by atoms with Gasteiger partial charge in [0.1, 0.15) is 11.5 Å². The summed E-state index contributed by atoms with van der Waals surface area (Å²) in [6.07, 6.45) is 0. The minimum atomic E-state index is -0.375. The van der Waals surface area contributed by atoms with Gasteiger partial charge in [-0.2, -0.15) is 0 Å². The number of benzene rings is 3. The molecule has 0 saturated heterocycles. The Kier molecular flexibility index (Phi) is 4.91. The van der Waals surface area contributed by atoms with Crippen molar-refractivity contribution in [3.63, 3.8) is 0 Å². The lowest BCUT2D eigenvalue weighted by Crippen LogP contribution is -2.12. The molecule has 0 bridgehead atoms. The second-order valence-corrected chi connectivity index (χ2v) is 4.98. The maximum atomic E-state index is 10.5. The first-order chi connectivity index (χ1) is 10.2. The molecule has 0 radical (unpaired) electrons. The van der Waals surface area contributed by atoms with Crippen LogP contribution in [0.25, 0.3) is 10.8 Å². The highest BCUT2D eigenvalue weighted by Gasteiger charge is 2.15. The van der Waals surface area contributed by atoms with Crippen molar-refractivity contribution in [3.05, 3.63) is 71.8 Å². The van der Waals surface area contributed by atoms with Crippen molar-refractivity contribution >= 4 is 23.2 Å². The standard InChI is InChI=1S/C18H17NO2.ClH/c1-21-14-9-6-13(7-10-14)17(19)16-11-8-12-4-2-3-5-15(12)18(16)20;/h2-11,17,20H,19H2,1H3;1H. The zero-order chi connectivity index (χ0) is 14.8. The van der Waals surface area contributed by atoms with Gasteiger partial charge in [0.05, 0.1) is 13.2 Å². The molecule has 0 saturated carbocycles. The van der Waals surface area contributed by atoms with E-state index in [4.69, 9.17) is 10.5 Å². The molecule has 3 nitrogen and oxygen atoms in total. The Morgan fingerprint density at radius 1 is 0.955 bits per heavy atom. The fraction of sp³-hybridized carbons (Fsp3) is 0.111. The van der Waals surface area contributed by atoms with Crippen LogP contribution in [0, 0.1) is 0 Å². The van der Waals surface area contributed by atoms with E-state index in [0.717, 1.165) is 27.6 Å². The number of rotatable bonds is 3. The van der Waals surface area contributed by atoms with Gasteiger partial charge in [-0.3, -0.25) is 0 Å². The van der Waals surface area contributed by atoms with Crippen LogP contribution in [0.4, 0.5) is 0 Å². The number of methoxy groups -OCH3 is 1. The number of phenols is 1. The van der Waals surface area contributed by atoms with Crippen molar-refractivity contribution in [2.45, 2.75) is 6.04 Å². The van der Waals surface area contributed by atoms with Crippen LogP contribution < -0.4 is 10.5 Å². The van der Waals surface area contributed by atoms with Gasteiger partial charge >= 0.3 is 0 Å². The van der Waals surface area contributed by atoms with Gasteiger partial charge in [0.2, 0.25) is 0 Å². The van der Waals surface area contributed by atoms with E-state index in [1.165, 1.54) is 0 Å². The van der Waals surface area contributed by atoms with E-state index in [2.05, 4.69) is 0 Å². The number of hydrogen-bond donors (Lipinski definition) is 2. The largest absolute Gasteiger partial charge is 0.507 e. The van der Waals surface area contributed by atoms with E-state index in [9.17, 15) is 5.11 Å². The van der Waals surface area contributed by atoms with Crippen LogP contribution in [0.2, 0.25) is 0 Å². The van der Waals surface area contributed by atoms with Gasteiger partial charge in [0, 0.05) is 10.9 Å². The minimum absolute atomic E-state index is 0. The van der Waals surface area contributed by atoms with Gasteiger partial charge in [-0.15, -0.1) is 12.4 Å². The average Bonchev–Trinajstić information content (AvgIpc) is 2.55. The number of nitrogens with two attached hydrogens (primary N) is 1. The predicted octanol–water partition coefficient (Wildman–Crippen LogP) is 4.02. The lowest BCUT2D eigenvalue weighted by molar-refractivity contribution is 0.414. The van der Waals surface area contributed by atoms with E-state index in [0.29, 0.717) is 0 Å². The normalized spacial score (nSPS) is 11.7. The number of aromatic hydroxyl groups is 1. The highest BCUT2D eigenvalue weighted by molar-refractivity contribution is 5.89. The summed E-state index contributed by atoms with van der Waals surface area (Å²) < 4.78 is 5.15. The lowest BCUT2D eigenvalue weighted by Gasteiger charge is -2.16. The second kappa shape index (κ2) is 6.69. The summed E-state index contributed by atoms with van der Waals surface area (Å²) >= 11 is 0. The molecule has 3 aromatic carbocycles. The first kappa shape index (κ1) is 16.1. The Morgan fingerprint density at radius 3 is 2.32 bits per heavy atom. The predicted molar refractivity (Wildman–Crippen MR) is 91.9 cm³/mol. The maximum Gasteiger partial charge on any atom is 0.128 e. The summed E-state index contributed by atoms with van der Waals surface area (Å²) in [5, 5.41) is 12.3. The second-order valence-electron chi connectivity index (χ2n) is 4.98. The smallest absolute Gasteiger partial charge is 0.128 e. The van der Waals surface area contributed by atoms with Crippen molar-refractivity contribution in [1.29, 1.82) is 0 Å². The molecule has 3 rings (SSSR count). The summed E-state index contributed by atoms with van der Waals surface area (Å²) in [6.45, 7) is 0. The van der Waals surface area contributed by atoms with Crippen LogP contribution in [-0.2, 0) is 0 Å². The summed E-state index contributed by atoms with van der Waals surface area (Å²) in [4.78, 5) is 0. The highest BCUT2D eigenvalue weighted by Crippen LogP contribution is 2.34. The molecule has 0 fully saturated rings. The number of hydrogen-bond acceptors (Lipinski definition) is 3. The molecule has 1 unspecified atom stereocenters. The first-order valence-corrected chi connectivity index (χ1v) is 6.81. The fourth-order valence-electron chi connectivity index (χ4n) is 2.51. The molecule has 1 atom stereocenters. The van der Waals surface area contributed by atoms with Gasteiger partial charge in [-0.05, 0) is 23.1 Å². The van der Waals surface area contributed by atoms with Gasteiger partial charge in [0.25, 0.3) is 0 Å². The molecule has 4 heteroatoms. The zero-order valence-corrected chi connectivity index (χ0v) is 13.0. The van der Waals surface area contributed by atoms with Crippen molar-refractivity contribution in [2.24, 2.45) is 5.73 Å². The van der Waals surface area contributed by atoms with Crippen molar-refractivity contribution in [1.82, 2.24) is 0 Å². The summed E-state index contributed by atoms with van der Waals surface area (Å²) in [5.74, 6) is 1.03. The molecule has 0 heterocycles. The van der Waals surface area contributed by atoms with E-state index in [1.807, 2.05) is 60.7 Å². The van der Waals surface area contributed by atoms with Crippen LogP contribution >= 0.6 is 12.4 Å². The van der Waals surface area contributed by atoms with E-state index in [-0.39, 0.29) is 24.2 Å². The Labute approximate surface area is 135 Å². The number of halogens is 1. The molecular formula is C18H18ClNO2. The Morgan fingerprint density at radius 2 is 1.64 bits per heavy atom. The molecule has 3 N–H and O–H groups in total. The van der Waals surface area contributed by atoms with Crippen molar-refractivity contribution in [3.8, 4) is 11.5 Å². The lowest BCUT2D eigenvalue weighted by atomic mass is 9.95. The van der Waals surface area contributed by atoms with Gasteiger partial charge in [0.15, 0.2) is 0 Å². The maximum absolute atomic E-state index is 10.5. The van der Waals surface area contributed by atoms with Crippen LogP contribution in [0.5, 0.6) is 11.5 Å². The SMILES string of the molecule is COc1ccc(C(N)c2ccc3ccccc3c2O)cc1.Cl. The minimum Gasteiger partial charge on any atom is -0.507 e. The molecule has 0 aliphatic heterocycles. The molecule has 0 aliphatic rings. The van der Waals surface area contributed by atoms with Crippen LogP contribution in [0.15, 0.2) is 60.7 Å². The zero-order valence-electron chi connectivity index (χ0n) is 12.2. The Hall–Kier alpha value is -2.23. The number of ether oxygens (including phenoxy) is 1. The van der Waals surface area contributed by atoms with Gasteiger partial charge in [-0.25, -0.2) is 0 Å². The molecule has 22 heavy (non-hydrogen) atoms. The van der Waals surface area contributed by atoms with Crippen LogP contribution in [0.3, 0.4) is 0 Å². The van der Waals surface area contributed by atoms with Gasteiger partial charge < -0.3 is 15.6 Å². The van der Waals surface area contributed by atoms with Crippen molar-refractivity contribution < 1.29 is 9.84 Å². The van der Waals surface area contributed by atoms with E-state index in [1.54, 1.807) is 7.11 Å². The quantitative estimate of drug-likeness (QED) is 0.767. The Balaban J connectivity index is 0.00000176. The topological polar surface area (TPSA) is 55.5 Å². The third kappa shape index (κ3) is 2.86. The average molecular weight is 316 g/mol. The summed E-state index contributed by atoms with van der Waals surface area (Å²) in [6, 6.07) is 18.8. The molecular weight excluding hydrogens is 298 g/mol. The molecule has 0 spiro atoms. The summed E-state index contributed by atoms with van der Waals surface area (Å²) in [7, 11) is 1.63. The third-order valence-electron chi connectivity index (χ3n) is 3.74. The van der Waals surface area contributed by atoms with Crippen LogP contribution in [-0.4, -0.2) is 12.2 Å². The van der Waals surface area contributed by atoms with Crippen molar-refractivity contribution in [2.75, 3.05) is 7.11 Å². The van der Waals surface area contributed by atoms with Gasteiger partial charge in [-0.1, -0.05) is 48.5 Å². The third-order valence-corrected chi connectivity index (χ3v) is 3.74. The number of phenolic OH excluding ortho intramolecular Hbond substituents is 1. The highest BCUT2D eigenvalue weighted by atomic mass is 35.5. The fourth-order valence-corrected chi connectivity index (χ4v) is 2.51. The van der Waals surface area contributed by atoms with E-state index >= 15 is 0 Å². The monoisotopic (exact) mass is 315 g/mol. The molecule has 0 amide bonds. The van der Waals surface area contributed by atoms with E-state index < -0.39 is 0 Å². The Bertz CT molecular complexity index is 772.